The van der Waals surface area contributed by atoms with Gasteiger partial charge in [0.15, 0.2) is 0 Å². The molecule has 0 bridgehead atoms. The van der Waals surface area contributed by atoms with Crippen molar-refractivity contribution in [2.24, 2.45) is 0 Å². The van der Waals surface area contributed by atoms with Crippen LogP contribution in [-0.4, -0.2) is 5.43 Å². The first-order chi connectivity index (χ1) is 21.2. The van der Waals surface area contributed by atoms with E-state index in [0.717, 1.165) is 17.1 Å². The van der Waals surface area contributed by atoms with E-state index in [9.17, 15) is 0 Å². The van der Waals surface area contributed by atoms with Gasteiger partial charge in [-0.05, 0) is 42.7 Å². The van der Waals surface area contributed by atoms with Gasteiger partial charge in [0.1, 0.15) is 0 Å². The Hall–Kier alpha value is -2.94. The predicted octanol–water partition coefficient (Wildman–Crippen LogP) is 12.8. The molecule has 7 aromatic rings. The average molecular weight is 711 g/mol. The van der Waals surface area contributed by atoms with Gasteiger partial charge in [0.2, 0.25) is 0 Å². The van der Waals surface area contributed by atoms with Crippen LogP contribution in [0.2, 0.25) is 13.1 Å². The van der Waals surface area contributed by atoms with E-state index in [4.69, 9.17) is 21.4 Å². The number of furan rings is 1. The molecule has 1 aromatic heterocycles. The molecule has 0 aliphatic rings. The van der Waals surface area contributed by atoms with Crippen molar-refractivity contribution < 1.29 is 22.4 Å². The van der Waals surface area contributed by atoms with Crippen LogP contribution in [0.5, 0.6) is 0 Å². The van der Waals surface area contributed by atoms with Gasteiger partial charge in [-0.3, -0.25) is 0 Å². The Balaban J connectivity index is 0.000000153. The van der Waals surface area contributed by atoms with Gasteiger partial charge in [0.05, 0.1) is 11.5 Å². The van der Waals surface area contributed by atoms with Gasteiger partial charge in [-0.15, -0.1) is 63.5 Å². The summed E-state index contributed by atoms with van der Waals surface area (Å²) in [5.41, 5.74) is 8.74. The van der Waals surface area contributed by atoms with Crippen molar-refractivity contribution >= 4 is 44.0 Å². The molecule has 5 heteroatoms. The van der Waals surface area contributed by atoms with Crippen LogP contribution in [0.4, 0.5) is 0 Å². The fourth-order valence-corrected chi connectivity index (χ4v) is 5.36. The van der Waals surface area contributed by atoms with Crippen molar-refractivity contribution in [3.63, 3.8) is 0 Å². The van der Waals surface area contributed by atoms with Gasteiger partial charge in [-0.2, -0.15) is 6.07 Å². The number of aryl methyl sites for hydroxylation is 3. The molecule has 0 unspecified atom stereocenters. The number of hydrogen-bond donors (Lipinski definition) is 0. The molecule has 44 heavy (non-hydrogen) atoms. The molecule has 7 rings (SSSR count). The van der Waals surface area contributed by atoms with E-state index >= 15 is 0 Å². The third-order valence-electron chi connectivity index (χ3n) is 7.54. The Morgan fingerprint density at radius 3 is 1.89 bits per heavy atom. The average Bonchev–Trinajstić information content (AvgIpc) is 3.75. The van der Waals surface area contributed by atoms with Gasteiger partial charge >= 0.3 is 53.5 Å². The number of hydrogen-bond acceptors (Lipinski definition) is 1. The van der Waals surface area contributed by atoms with E-state index in [1.165, 1.54) is 54.9 Å². The van der Waals surface area contributed by atoms with Crippen LogP contribution in [0.25, 0.3) is 55.1 Å². The maximum atomic E-state index is 5.77. The quantitative estimate of drug-likeness (QED) is 0.131. The third-order valence-corrected chi connectivity index (χ3v) is 27.3. The summed E-state index contributed by atoms with van der Waals surface area (Å²) in [5.74, 6) is 1.88. The van der Waals surface area contributed by atoms with Crippen LogP contribution in [-0.2, 0) is 18.0 Å². The van der Waals surface area contributed by atoms with E-state index in [-0.39, 0.29) is 5.43 Å². The fraction of sp³-hybridized carbons (Fsp3) is 0.128. The SMILES string of the molecule is C[Si](C)=[Zr]([Cl])[Cl].Cc1cc2c(-c3ccccc3)cccc2[cH-]1.Cc1ccc(-c2cc3c(-c4ccccc4)c(C)ccc3[cH-]2)o1. The first-order valence-corrected chi connectivity index (χ1v) is 27.2. The van der Waals surface area contributed by atoms with Gasteiger partial charge < -0.3 is 4.42 Å². The second-order valence-electron chi connectivity index (χ2n) is 11.2. The number of halogens is 2. The molecule has 6 aromatic carbocycles. The van der Waals surface area contributed by atoms with Gasteiger partial charge in [-0.1, -0.05) is 96.4 Å². The summed E-state index contributed by atoms with van der Waals surface area (Å²) in [7, 11) is 11.2. The van der Waals surface area contributed by atoms with Gasteiger partial charge in [-0.25, -0.2) is 0 Å². The van der Waals surface area contributed by atoms with Crippen molar-refractivity contribution in [3.8, 4) is 33.6 Å². The minimum atomic E-state index is -1.65. The number of benzene rings is 4. The molecule has 0 spiro atoms. The summed E-state index contributed by atoms with van der Waals surface area (Å²) in [4.78, 5) is 0. The van der Waals surface area contributed by atoms with Crippen LogP contribution < -0.4 is 0 Å². The monoisotopic (exact) mass is 708 g/mol. The van der Waals surface area contributed by atoms with E-state index < -0.39 is 18.0 Å². The summed E-state index contributed by atoms with van der Waals surface area (Å²) in [6, 6.07) is 45.0. The zero-order valence-electron chi connectivity index (χ0n) is 25.8. The second-order valence-corrected chi connectivity index (χ2v) is 34.2. The Labute approximate surface area is 276 Å². The molecule has 0 amide bonds. The fourth-order valence-electron chi connectivity index (χ4n) is 5.36. The minimum Gasteiger partial charge on any atom is -0.496 e. The molecule has 1 nitrogen and oxygen atoms in total. The van der Waals surface area contributed by atoms with E-state index in [1.807, 2.05) is 19.1 Å². The molecule has 0 aliphatic carbocycles. The standard InChI is InChI=1S/C21H17O.C16H13.C2H6Si.2ClH.Zr/c1-14-8-10-17-12-18(20-11-9-15(2)22-20)13-19(17)21(14)16-6-4-3-5-7-16;1-12-10-14-8-5-9-15(16(14)11-12)13-6-3-2-4-7-13;1-3-2;;;/h3-13H,1-2H3;2-11H,1H3;1-2H3;2*1H;/q2*-1;;;;+2/p-2. The predicted molar refractivity (Wildman–Crippen MR) is 191 cm³/mol. The molecular formula is C39H36Cl2OSiZr-2. The van der Waals surface area contributed by atoms with Gasteiger partial charge in [0.25, 0.3) is 0 Å². The van der Waals surface area contributed by atoms with Crippen LogP contribution >= 0.6 is 17.0 Å². The molecule has 0 N–H and O–H groups in total. The number of rotatable bonds is 3. The molecule has 0 saturated heterocycles. The summed E-state index contributed by atoms with van der Waals surface area (Å²) in [6.45, 7) is 10.6. The largest absolute Gasteiger partial charge is 0.496 e. The van der Waals surface area contributed by atoms with E-state index in [2.05, 4.69) is 142 Å². The molecule has 222 valence electrons. The second kappa shape index (κ2) is 14.9. The van der Waals surface area contributed by atoms with Crippen molar-refractivity contribution in [1.82, 2.24) is 0 Å². The summed E-state index contributed by atoms with van der Waals surface area (Å²) >= 11 is -1.65. The van der Waals surface area contributed by atoms with Crippen LogP contribution in [0.15, 0.2) is 132 Å². The molecule has 0 atom stereocenters. The van der Waals surface area contributed by atoms with Crippen molar-refractivity contribution in [2.45, 2.75) is 33.9 Å². The molecule has 0 fully saturated rings. The first-order valence-electron chi connectivity index (χ1n) is 14.7. The molecule has 0 radical (unpaired) electrons. The zero-order chi connectivity index (χ0) is 31.2. The molecular weight excluding hydrogens is 675 g/mol. The number of fused-ring (bicyclic) bond motifs is 2. The Morgan fingerprint density at radius 2 is 1.27 bits per heavy atom. The topological polar surface area (TPSA) is 13.1 Å². The Bertz CT molecular complexity index is 2010. The zero-order valence-corrected chi connectivity index (χ0v) is 30.8. The summed E-state index contributed by atoms with van der Waals surface area (Å²) in [5, 5.41) is 5.23. The van der Waals surface area contributed by atoms with Crippen molar-refractivity contribution in [3.05, 3.63) is 144 Å². The van der Waals surface area contributed by atoms with Crippen LogP contribution in [0, 0.1) is 20.8 Å². The third kappa shape index (κ3) is 7.82. The van der Waals surface area contributed by atoms with Crippen LogP contribution in [0.1, 0.15) is 16.9 Å². The maximum Gasteiger partial charge on any atom is 0.0896 e. The van der Waals surface area contributed by atoms with Crippen molar-refractivity contribution in [2.75, 3.05) is 0 Å². The summed E-state index contributed by atoms with van der Waals surface area (Å²) in [6.07, 6.45) is 0. The van der Waals surface area contributed by atoms with Gasteiger partial charge in [0, 0.05) is 0 Å². The van der Waals surface area contributed by atoms with E-state index in [0.29, 0.717) is 0 Å². The van der Waals surface area contributed by atoms with Crippen molar-refractivity contribution in [1.29, 1.82) is 0 Å². The Kier molecular flexibility index (Phi) is 11.0. The normalized spacial score (nSPS) is 10.6. The first kappa shape index (κ1) is 32.5. The molecule has 0 aliphatic heterocycles. The molecule has 0 saturated carbocycles. The molecule has 1 heterocycles. The maximum absolute atomic E-state index is 5.77. The minimum absolute atomic E-state index is 0.224. The Morgan fingerprint density at radius 1 is 0.636 bits per heavy atom. The van der Waals surface area contributed by atoms with Crippen LogP contribution in [0.3, 0.4) is 0 Å². The van der Waals surface area contributed by atoms with E-state index in [1.54, 1.807) is 0 Å². The summed E-state index contributed by atoms with van der Waals surface area (Å²) < 4.78 is 5.77. The smallest absolute Gasteiger partial charge is 0.0896 e.